The van der Waals surface area contributed by atoms with Crippen molar-refractivity contribution in [2.45, 2.75) is 19.4 Å². The molecule has 0 unspecified atom stereocenters. The lowest BCUT2D eigenvalue weighted by Crippen LogP contribution is -1.99. The van der Waals surface area contributed by atoms with Crippen LogP contribution in [-0.4, -0.2) is 10.1 Å². The fourth-order valence-electron chi connectivity index (χ4n) is 1.86. The molecule has 0 aliphatic rings. The van der Waals surface area contributed by atoms with Gasteiger partial charge < -0.3 is 5.11 Å². The van der Waals surface area contributed by atoms with Crippen LogP contribution in [0.15, 0.2) is 36.9 Å². The second-order valence-corrected chi connectivity index (χ2v) is 4.41. The summed E-state index contributed by atoms with van der Waals surface area (Å²) < 4.78 is 0. The van der Waals surface area contributed by atoms with E-state index in [0.717, 1.165) is 16.5 Å². The topological polar surface area (TPSA) is 33.1 Å². The second kappa shape index (κ2) is 4.86. The van der Waals surface area contributed by atoms with Crippen LogP contribution < -0.4 is 0 Å². The molecule has 0 aliphatic heterocycles. The van der Waals surface area contributed by atoms with Crippen LogP contribution in [0.4, 0.5) is 0 Å². The largest absolute Gasteiger partial charge is 0.388 e. The number of fused-ring (bicyclic) bond motifs is 1. The number of halogens is 1. The molecule has 1 heterocycles. The highest BCUT2D eigenvalue weighted by molar-refractivity contribution is 6.30. The number of aliphatic hydroxyl groups excluding tert-OH is 1. The Kier molecular flexibility index (Phi) is 3.46. The maximum Gasteiger partial charge on any atom is 0.135 e. The Morgan fingerprint density at radius 3 is 3.00 bits per heavy atom. The molecule has 1 aromatic carbocycles. The van der Waals surface area contributed by atoms with Crippen molar-refractivity contribution in [1.29, 1.82) is 0 Å². The van der Waals surface area contributed by atoms with E-state index >= 15 is 0 Å². The van der Waals surface area contributed by atoms with E-state index in [1.807, 2.05) is 31.2 Å². The zero-order valence-corrected chi connectivity index (χ0v) is 10.4. The van der Waals surface area contributed by atoms with Crippen LogP contribution in [-0.2, 0) is 0 Å². The van der Waals surface area contributed by atoms with Gasteiger partial charge in [-0.2, -0.15) is 0 Å². The average molecular weight is 248 g/mol. The van der Waals surface area contributed by atoms with E-state index < -0.39 is 6.10 Å². The number of aryl methyl sites for hydroxylation is 1. The summed E-state index contributed by atoms with van der Waals surface area (Å²) in [5.74, 6) is 0. The van der Waals surface area contributed by atoms with Crippen LogP contribution in [0.1, 0.15) is 23.7 Å². The van der Waals surface area contributed by atoms with Crippen molar-refractivity contribution in [2.24, 2.45) is 0 Å². The van der Waals surface area contributed by atoms with Crippen LogP contribution >= 0.6 is 11.6 Å². The lowest BCUT2D eigenvalue weighted by Gasteiger charge is -2.12. The van der Waals surface area contributed by atoms with Crippen molar-refractivity contribution in [3.8, 4) is 0 Å². The fourth-order valence-corrected chi connectivity index (χ4v) is 2.12. The molecule has 2 nitrogen and oxygen atoms in total. The fraction of sp³-hybridized carbons (Fsp3) is 0.214. The van der Waals surface area contributed by atoms with E-state index in [2.05, 4.69) is 11.6 Å². The Morgan fingerprint density at radius 2 is 2.29 bits per heavy atom. The first kappa shape index (κ1) is 12.1. The van der Waals surface area contributed by atoms with E-state index in [4.69, 9.17) is 11.6 Å². The molecule has 2 rings (SSSR count). The van der Waals surface area contributed by atoms with E-state index in [1.165, 1.54) is 0 Å². The smallest absolute Gasteiger partial charge is 0.135 e. The van der Waals surface area contributed by atoms with Gasteiger partial charge in [-0.3, -0.25) is 0 Å². The van der Waals surface area contributed by atoms with Crippen molar-refractivity contribution in [1.82, 2.24) is 4.98 Å². The van der Waals surface area contributed by atoms with Crippen LogP contribution in [0.3, 0.4) is 0 Å². The van der Waals surface area contributed by atoms with E-state index in [0.29, 0.717) is 17.1 Å². The molecular formula is C14H14ClNO. The number of hydrogen-bond acceptors (Lipinski definition) is 2. The van der Waals surface area contributed by atoms with Crippen molar-refractivity contribution in [3.63, 3.8) is 0 Å². The number of benzene rings is 1. The first-order valence-corrected chi connectivity index (χ1v) is 5.86. The molecule has 0 fully saturated rings. The van der Waals surface area contributed by atoms with Crippen LogP contribution in [0.25, 0.3) is 10.9 Å². The summed E-state index contributed by atoms with van der Waals surface area (Å²) in [4.78, 5) is 4.35. The normalized spacial score (nSPS) is 12.6. The predicted octanol–water partition coefficient (Wildman–Crippen LogP) is 3.81. The Morgan fingerprint density at radius 1 is 1.53 bits per heavy atom. The highest BCUT2D eigenvalue weighted by atomic mass is 35.5. The number of hydrogen-bond donors (Lipinski definition) is 1. The lowest BCUT2D eigenvalue weighted by atomic mass is 10.0. The van der Waals surface area contributed by atoms with E-state index in [-0.39, 0.29) is 0 Å². The van der Waals surface area contributed by atoms with E-state index in [1.54, 1.807) is 6.08 Å². The predicted molar refractivity (Wildman–Crippen MR) is 71.3 cm³/mol. The highest BCUT2D eigenvalue weighted by Crippen LogP contribution is 2.28. The quantitative estimate of drug-likeness (QED) is 0.661. The van der Waals surface area contributed by atoms with Crippen LogP contribution in [0.2, 0.25) is 5.15 Å². The van der Waals surface area contributed by atoms with Crippen molar-refractivity contribution in [2.75, 3.05) is 0 Å². The molecule has 0 spiro atoms. The van der Waals surface area contributed by atoms with Crippen molar-refractivity contribution >= 4 is 22.5 Å². The zero-order valence-electron chi connectivity index (χ0n) is 9.65. The number of pyridine rings is 1. The Bertz CT molecular complexity index is 565. The minimum Gasteiger partial charge on any atom is -0.388 e. The molecule has 2 aromatic rings. The third-order valence-corrected chi connectivity index (χ3v) is 3.08. The minimum absolute atomic E-state index is 0.362. The van der Waals surface area contributed by atoms with Gasteiger partial charge in [0.25, 0.3) is 0 Å². The van der Waals surface area contributed by atoms with E-state index in [9.17, 15) is 5.11 Å². The molecule has 0 saturated carbocycles. The number of rotatable bonds is 3. The maximum atomic E-state index is 9.93. The maximum absolute atomic E-state index is 9.93. The summed E-state index contributed by atoms with van der Waals surface area (Å²) in [7, 11) is 0. The monoisotopic (exact) mass is 247 g/mol. The van der Waals surface area contributed by atoms with Gasteiger partial charge in [-0.1, -0.05) is 35.9 Å². The van der Waals surface area contributed by atoms with Gasteiger partial charge >= 0.3 is 0 Å². The molecule has 0 radical (unpaired) electrons. The molecule has 0 aliphatic carbocycles. The van der Waals surface area contributed by atoms with Gasteiger partial charge in [0, 0.05) is 10.9 Å². The lowest BCUT2D eigenvalue weighted by molar-refractivity contribution is 0.181. The average Bonchev–Trinajstić information content (AvgIpc) is 2.30. The highest BCUT2D eigenvalue weighted by Gasteiger charge is 2.13. The summed E-state index contributed by atoms with van der Waals surface area (Å²) in [6.45, 7) is 5.60. The summed E-state index contributed by atoms with van der Waals surface area (Å²) in [6.07, 6.45) is 1.50. The standard InChI is InChI=1S/C14H14ClNO/c1-3-5-12(17)11-8-10-7-4-6-9(2)13(10)16-14(11)15/h3-4,6-8,12,17H,1,5H2,2H3/t12-/m1/s1. The first-order chi connectivity index (χ1) is 8.13. The Balaban J connectivity index is 2.59. The molecule has 3 heteroatoms. The third kappa shape index (κ3) is 2.33. The summed E-state index contributed by atoms with van der Waals surface area (Å²) in [5.41, 5.74) is 2.62. The van der Waals surface area contributed by atoms with Gasteiger partial charge in [0.15, 0.2) is 0 Å². The molecule has 1 N–H and O–H groups in total. The Labute approximate surface area is 106 Å². The number of nitrogens with zero attached hydrogens (tertiary/aromatic N) is 1. The van der Waals surface area contributed by atoms with Crippen LogP contribution in [0, 0.1) is 6.92 Å². The second-order valence-electron chi connectivity index (χ2n) is 4.06. The molecule has 1 aromatic heterocycles. The van der Waals surface area contributed by atoms with Gasteiger partial charge in [-0.15, -0.1) is 6.58 Å². The van der Waals surface area contributed by atoms with Gasteiger partial charge in [0.2, 0.25) is 0 Å². The third-order valence-electron chi connectivity index (χ3n) is 2.78. The molecule has 1 atom stereocenters. The number of para-hydroxylation sites is 1. The molecule has 0 saturated heterocycles. The van der Waals surface area contributed by atoms with Crippen molar-refractivity contribution < 1.29 is 5.11 Å². The van der Waals surface area contributed by atoms with Crippen molar-refractivity contribution in [3.05, 3.63) is 53.2 Å². The summed E-state index contributed by atoms with van der Waals surface area (Å²) in [5, 5.41) is 11.3. The number of aromatic nitrogens is 1. The Hall–Kier alpha value is -1.38. The molecule has 88 valence electrons. The summed E-state index contributed by atoms with van der Waals surface area (Å²) in [6, 6.07) is 7.82. The molecule has 0 amide bonds. The molecule has 17 heavy (non-hydrogen) atoms. The van der Waals surface area contributed by atoms with Gasteiger partial charge in [0.05, 0.1) is 11.6 Å². The number of aliphatic hydroxyl groups is 1. The SMILES string of the molecule is C=CC[C@@H](O)c1cc2cccc(C)c2nc1Cl. The van der Waals surface area contributed by atoms with Gasteiger partial charge in [0.1, 0.15) is 5.15 Å². The first-order valence-electron chi connectivity index (χ1n) is 5.48. The minimum atomic E-state index is -0.641. The van der Waals surface area contributed by atoms with Crippen LogP contribution in [0.5, 0.6) is 0 Å². The summed E-state index contributed by atoms with van der Waals surface area (Å²) >= 11 is 6.10. The van der Waals surface area contributed by atoms with Gasteiger partial charge in [-0.25, -0.2) is 4.98 Å². The van der Waals surface area contributed by atoms with Gasteiger partial charge in [-0.05, 0) is 25.0 Å². The molecule has 0 bridgehead atoms. The zero-order chi connectivity index (χ0) is 12.4. The molecular weight excluding hydrogens is 234 g/mol.